The van der Waals surface area contributed by atoms with Crippen molar-refractivity contribution in [1.29, 1.82) is 0 Å². The maximum Gasteiger partial charge on any atom is 0.218 e. The van der Waals surface area contributed by atoms with E-state index in [1.807, 2.05) is 0 Å². The molecule has 1 aliphatic rings. The highest BCUT2D eigenvalue weighted by Crippen LogP contribution is 2.21. The lowest BCUT2D eigenvalue weighted by atomic mass is 9.94. The molecule has 0 spiro atoms. The van der Waals surface area contributed by atoms with Gasteiger partial charge in [-0.25, -0.2) is 4.99 Å². The van der Waals surface area contributed by atoms with Gasteiger partial charge >= 0.3 is 0 Å². The quantitative estimate of drug-likeness (QED) is 0.338. The van der Waals surface area contributed by atoms with E-state index in [1.165, 1.54) is 6.42 Å². The minimum atomic E-state index is -0.0365. The smallest absolute Gasteiger partial charge is 0.218 e. The average molecular weight is 155 g/mol. The predicted molar refractivity (Wildman–Crippen MR) is 45.1 cm³/mol. The first kappa shape index (κ1) is 7.84. The Hall–Kier alpha value is -1.26. The summed E-state index contributed by atoms with van der Waals surface area (Å²) < 4.78 is 0. The van der Waals surface area contributed by atoms with Gasteiger partial charge in [-0.2, -0.15) is 4.99 Å². The molecule has 0 radical (unpaired) electrons. The molecular weight excluding hydrogens is 142 g/mol. The Bertz CT molecular complexity index is 187. The highest BCUT2D eigenvalue weighted by Gasteiger charge is 2.15. The molecule has 62 valence electrons. The number of aliphatic imine (C=N–C) groups is 2. The lowest BCUT2D eigenvalue weighted by Gasteiger charge is -2.20. The van der Waals surface area contributed by atoms with E-state index in [4.69, 9.17) is 17.2 Å². The van der Waals surface area contributed by atoms with Gasteiger partial charge in [0, 0.05) is 0 Å². The molecule has 0 aromatic heterocycles. The fourth-order valence-corrected chi connectivity index (χ4v) is 0.864. The van der Waals surface area contributed by atoms with Crippen LogP contribution in [-0.4, -0.2) is 18.0 Å². The van der Waals surface area contributed by atoms with Crippen LogP contribution in [0.25, 0.3) is 0 Å². The maximum atomic E-state index is 5.39. The summed E-state index contributed by atoms with van der Waals surface area (Å²) in [7, 11) is 0. The monoisotopic (exact) mass is 155 g/mol. The van der Waals surface area contributed by atoms with E-state index in [0.29, 0.717) is 6.04 Å². The first-order valence-corrected chi connectivity index (χ1v) is 3.61. The third kappa shape index (κ3) is 2.45. The van der Waals surface area contributed by atoms with Gasteiger partial charge in [0.2, 0.25) is 5.96 Å². The van der Waals surface area contributed by atoms with Crippen molar-refractivity contribution >= 4 is 11.9 Å². The molecule has 1 fully saturated rings. The van der Waals surface area contributed by atoms with Gasteiger partial charge in [-0.15, -0.1) is 0 Å². The van der Waals surface area contributed by atoms with Crippen molar-refractivity contribution in [3.63, 3.8) is 0 Å². The van der Waals surface area contributed by atoms with Gasteiger partial charge in [-0.3, -0.25) is 0 Å². The van der Waals surface area contributed by atoms with Gasteiger partial charge in [0.25, 0.3) is 0 Å². The second-order valence-corrected chi connectivity index (χ2v) is 2.61. The SMILES string of the molecule is NC(N)=NC(N)=NC1CCC1. The Morgan fingerprint density at radius 2 is 1.82 bits per heavy atom. The van der Waals surface area contributed by atoms with E-state index >= 15 is 0 Å². The first-order chi connectivity index (χ1) is 5.18. The van der Waals surface area contributed by atoms with Gasteiger partial charge in [0.1, 0.15) is 0 Å². The van der Waals surface area contributed by atoms with Crippen LogP contribution in [0.2, 0.25) is 0 Å². The maximum absolute atomic E-state index is 5.39. The molecule has 1 rings (SSSR count). The zero-order chi connectivity index (χ0) is 8.27. The Kier molecular flexibility index (Phi) is 2.30. The average Bonchev–Trinajstić information content (AvgIpc) is 1.77. The Labute approximate surface area is 65.4 Å². The molecule has 0 heterocycles. The van der Waals surface area contributed by atoms with E-state index in [1.54, 1.807) is 0 Å². The van der Waals surface area contributed by atoms with Crippen LogP contribution < -0.4 is 17.2 Å². The van der Waals surface area contributed by atoms with Crippen molar-refractivity contribution in [2.45, 2.75) is 25.3 Å². The van der Waals surface area contributed by atoms with Crippen LogP contribution >= 0.6 is 0 Å². The Balaban J connectivity index is 2.44. The zero-order valence-corrected chi connectivity index (χ0v) is 6.33. The normalized spacial score (nSPS) is 19.1. The summed E-state index contributed by atoms with van der Waals surface area (Å²) in [5.74, 6) is 0.153. The molecule has 0 atom stereocenters. The summed E-state index contributed by atoms with van der Waals surface area (Å²) in [5, 5.41) is 0. The van der Waals surface area contributed by atoms with Crippen LogP contribution in [0.5, 0.6) is 0 Å². The molecule has 6 N–H and O–H groups in total. The van der Waals surface area contributed by atoms with E-state index in [2.05, 4.69) is 9.98 Å². The van der Waals surface area contributed by atoms with Crippen LogP contribution in [0.3, 0.4) is 0 Å². The largest absolute Gasteiger partial charge is 0.370 e. The molecule has 0 saturated heterocycles. The van der Waals surface area contributed by atoms with E-state index in [-0.39, 0.29) is 11.9 Å². The fraction of sp³-hybridized carbons (Fsp3) is 0.667. The van der Waals surface area contributed by atoms with Gasteiger partial charge in [-0.1, -0.05) is 0 Å². The van der Waals surface area contributed by atoms with Gasteiger partial charge < -0.3 is 17.2 Å². The molecule has 5 heteroatoms. The number of nitrogens with zero attached hydrogens (tertiary/aromatic N) is 2. The number of hydrogen-bond donors (Lipinski definition) is 3. The fourth-order valence-electron chi connectivity index (χ4n) is 0.864. The van der Waals surface area contributed by atoms with Crippen molar-refractivity contribution in [2.24, 2.45) is 27.2 Å². The first-order valence-electron chi connectivity index (χ1n) is 3.61. The van der Waals surface area contributed by atoms with Crippen molar-refractivity contribution in [1.82, 2.24) is 0 Å². The highest BCUT2D eigenvalue weighted by molar-refractivity contribution is 5.92. The summed E-state index contributed by atoms with van der Waals surface area (Å²) in [4.78, 5) is 7.67. The summed E-state index contributed by atoms with van der Waals surface area (Å²) in [5.41, 5.74) is 15.6. The third-order valence-electron chi connectivity index (χ3n) is 1.63. The summed E-state index contributed by atoms with van der Waals surface area (Å²) in [6, 6.07) is 0.345. The lowest BCUT2D eigenvalue weighted by molar-refractivity contribution is 0.419. The second-order valence-electron chi connectivity index (χ2n) is 2.61. The highest BCUT2D eigenvalue weighted by atomic mass is 15.1. The molecule has 5 nitrogen and oxygen atoms in total. The van der Waals surface area contributed by atoms with E-state index < -0.39 is 0 Å². The molecule has 0 aromatic rings. The summed E-state index contributed by atoms with van der Waals surface area (Å²) in [6.45, 7) is 0. The van der Waals surface area contributed by atoms with Gasteiger partial charge in [-0.05, 0) is 19.3 Å². The molecule has 0 bridgehead atoms. The number of guanidine groups is 2. The van der Waals surface area contributed by atoms with Crippen molar-refractivity contribution in [3.8, 4) is 0 Å². The number of nitrogens with two attached hydrogens (primary N) is 3. The Morgan fingerprint density at radius 3 is 2.18 bits per heavy atom. The van der Waals surface area contributed by atoms with Crippen LogP contribution in [-0.2, 0) is 0 Å². The minimum absolute atomic E-state index is 0.0365. The topological polar surface area (TPSA) is 103 Å². The molecule has 0 unspecified atom stereocenters. The van der Waals surface area contributed by atoms with Crippen LogP contribution in [0, 0.1) is 0 Å². The van der Waals surface area contributed by atoms with Crippen molar-refractivity contribution < 1.29 is 0 Å². The molecule has 0 amide bonds. The second kappa shape index (κ2) is 3.23. The lowest BCUT2D eigenvalue weighted by Crippen LogP contribution is -2.28. The summed E-state index contributed by atoms with van der Waals surface area (Å²) >= 11 is 0. The van der Waals surface area contributed by atoms with Crippen LogP contribution in [0.15, 0.2) is 9.98 Å². The number of hydrogen-bond acceptors (Lipinski definition) is 1. The van der Waals surface area contributed by atoms with Crippen LogP contribution in [0.1, 0.15) is 19.3 Å². The van der Waals surface area contributed by atoms with E-state index in [9.17, 15) is 0 Å². The van der Waals surface area contributed by atoms with Crippen molar-refractivity contribution in [3.05, 3.63) is 0 Å². The van der Waals surface area contributed by atoms with Gasteiger partial charge in [0.05, 0.1) is 6.04 Å². The molecule has 0 aliphatic heterocycles. The molecule has 1 aliphatic carbocycles. The molecule has 11 heavy (non-hydrogen) atoms. The van der Waals surface area contributed by atoms with Gasteiger partial charge in [0.15, 0.2) is 5.96 Å². The predicted octanol–water partition coefficient (Wildman–Crippen LogP) is -0.873. The minimum Gasteiger partial charge on any atom is -0.370 e. The number of rotatable bonds is 1. The zero-order valence-electron chi connectivity index (χ0n) is 6.33. The van der Waals surface area contributed by atoms with Crippen LogP contribution in [0.4, 0.5) is 0 Å². The molecular formula is C6H13N5. The van der Waals surface area contributed by atoms with E-state index in [0.717, 1.165) is 12.8 Å². The molecule has 0 aromatic carbocycles. The third-order valence-corrected chi connectivity index (χ3v) is 1.63. The van der Waals surface area contributed by atoms with Crippen molar-refractivity contribution in [2.75, 3.05) is 0 Å². The molecule has 1 saturated carbocycles. The Morgan fingerprint density at radius 1 is 1.18 bits per heavy atom. The standard InChI is InChI=1S/C6H13N5/c7-5(8)11-6(9)10-4-2-1-3-4/h4H,1-3H2,(H6,7,8,9,10,11). The summed E-state index contributed by atoms with van der Waals surface area (Å²) in [6.07, 6.45) is 3.42.